The molecule has 1 aliphatic heterocycles. The topological polar surface area (TPSA) is 80.6 Å². The molecule has 4 aromatic rings. The van der Waals surface area contributed by atoms with E-state index in [1.165, 1.54) is 0 Å². The summed E-state index contributed by atoms with van der Waals surface area (Å²) in [5.41, 5.74) is 7.90. The summed E-state index contributed by atoms with van der Waals surface area (Å²) in [4.78, 5) is 34.5. The van der Waals surface area contributed by atoms with Crippen LogP contribution in [0.4, 0.5) is 0 Å². The van der Waals surface area contributed by atoms with Crippen molar-refractivity contribution in [2.24, 2.45) is 7.05 Å². The SMILES string of the molecule is Cc1nn(C)c(C)c1CCC(=O)N1CCOc2ccc(-c3cccnc3)cc2Cc2cccc(c2)C(=O)N(C)CC1. The van der Waals surface area contributed by atoms with Crippen molar-refractivity contribution in [2.75, 3.05) is 33.3 Å². The van der Waals surface area contributed by atoms with Crippen LogP contribution in [0.5, 0.6) is 5.75 Å². The summed E-state index contributed by atoms with van der Waals surface area (Å²) in [7, 11) is 3.71. The number of ether oxygens (including phenoxy) is 1. The van der Waals surface area contributed by atoms with E-state index >= 15 is 0 Å². The number of hydrogen-bond acceptors (Lipinski definition) is 5. The average molecular weight is 552 g/mol. The van der Waals surface area contributed by atoms with Gasteiger partial charge in [-0.2, -0.15) is 5.10 Å². The van der Waals surface area contributed by atoms with Crippen molar-refractivity contribution in [3.8, 4) is 16.9 Å². The molecule has 0 atom stereocenters. The quantitative estimate of drug-likeness (QED) is 0.370. The first-order valence-electron chi connectivity index (χ1n) is 14.1. The predicted octanol–water partition coefficient (Wildman–Crippen LogP) is 4.62. The van der Waals surface area contributed by atoms with Gasteiger partial charge in [-0.15, -0.1) is 0 Å². The molecule has 0 fully saturated rings. The minimum Gasteiger partial charge on any atom is -0.491 e. The van der Waals surface area contributed by atoms with Crippen molar-refractivity contribution >= 4 is 11.8 Å². The number of carbonyl (C=O) groups is 2. The van der Waals surface area contributed by atoms with Crippen molar-refractivity contribution in [2.45, 2.75) is 33.1 Å². The van der Waals surface area contributed by atoms with Crippen LogP contribution >= 0.6 is 0 Å². The molecule has 8 nitrogen and oxygen atoms in total. The van der Waals surface area contributed by atoms with Gasteiger partial charge in [-0.1, -0.05) is 24.3 Å². The van der Waals surface area contributed by atoms with Gasteiger partial charge in [0.25, 0.3) is 5.91 Å². The Labute approximate surface area is 241 Å². The van der Waals surface area contributed by atoms with Gasteiger partial charge < -0.3 is 14.5 Å². The third kappa shape index (κ3) is 6.48. The second-order valence-corrected chi connectivity index (χ2v) is 10.7. The molecule has 3 heterocycles. The van der Waals surface area contributed by atoms with Crippen LogP contribution in [0.3, 0.4) is 0 Å². The highest BCUT2D eigenvalue weighted by Gasteiger charge is 2.20. The van der Waals surface area contributed by atoms with E-state index in [1.807, 2.05) is 85.2 Å². The maximum Gasteiger partial charge on any atom is 0.253 e. The Morgan fingerprint density at radius 3 is 2.54 bits per heavy atom. The fraction of sp³-hybridized carbons (Fsp3) is 0.333. The van der Waals surface area contributed by atoms with E-state index < -0.39 is 0 Å². The maximum atomic E-state index is 13.5. The summed E-state index contributed by atoms with van der Waals surface area (Å²) in [5, 5.41) is 4.49. The number of pyridine rings is 1. The Morgan fingerprint density at radius 1 is 0.951 bits per heavy atom. The van der Waals surface area contributed by atoms with Gasteiger partial charge in [0, 0.05) is 69.2 Å². The van der Waals surface area contributed by atoms with Crippen molar-refractivity contribution in [3.63, 3.8) is 0 Å². The average Bonchev–Trinajstić information content (AvgIpc) is 3.23. The predicted molar refractivity (Wildman–Crippen MR) is 159 cm³/mol. The zero-order valence-corrected chi connectivity index (χ0v) is 24.3. The summed E-state index contributed by atoms with van der Waals surface area (Å²) >= 11 is 0. The van der Waals surface area contributed by atoms with Crippen LogP contribution in [0.25, 0.3) is 11.1 Å². The minimum atomic E-state index is -0.0569. The summed E-state index contributed by atoms with van der Waals surface area (Å²) in [6.45, 7) is 5.67. The number of rotatable bonds is 4. The van der Waals surface area contributed by atoms with Crippen LogP contribution in [0.1, 0.15) is 44.9 Å². The van der Waals surface area contributed by atoms with Crippen LogP contribution in [-0.2, 0) is 24.7 Å². The number of nitrogens with zero attached hydrogens (tertiary/aromatic N) is 5. The van der Waals surface area contributed by atoms with Crippen LogP contribution in [0.15, 0.2) is 67.0 Å². The van der Waals surface area contributed by atoms with Gasteiger partial charge in [0.05, 0.1) is 12.2 Å². The summed E-state index contributed by atoms with van der Waals surface area (Å²) in [5.74, 6) is 0.759. The van der Waals surface area contributed by atoms with Crippen molar-refractivity contribution in [1.82, 2.24) is 24.6 Å². The third-order valence-corrected chi connectivity index (χ3v) is 7.90. The molecule has 0 radical (unpaired) electrons. The smallest absolute Gasteiger partial charge is 0.253 e. The van der Waals surface area contributed by atoms with Gasteiger partial charge in [-0.3, -0.25) is 19.3 Å². The van der Waals surface area contributed by atoms with Crippen molar-refractivity contribution in [3.05, 3.63) is 101 Å². The molecule has 2 aromatic carbocycles. The number of aryl methyl sites for hydroxylation is 2. The molecule has 41 heavy (non-hydrogen) atoms. The van der Waals surface area contributed by atoms with Crippen LogP contribution < -0.4 is 4.74 Å². The maximum absolute atomic E-state index is 13.5. The Morgan fingerprint density at radius 2 is 1.78 bits per heavy atom. The molecule has 0 spiro atoms. The van der Waals surface area contributed by atoms with E-state index in [0.29, 0.717) is 51.1 Å². The summed E-state index contributed by atoms with van der Waals surface area (Å²) < 4.78 is 8.18. The molecule has 0 aliphatic carbocycles. The number of hydrogen-bond donors (Lipinski definition) is 0. The number of carbonyl (C=O) groups excluding carboxylic acids is 2. The molecule has 8 heteroatoms. The fourth-order valence-corrected chi connectivity index (χ4v) is 5.39. The highest BCUT2D eigenvalue weighted by atomic mass is 16.5. The lowest BCUT2D eigenvalue weighted by Crippen LogP contribution is -2.41. The number of aromatic nitrogens is 3. The van der Waals surface area contributed by atoms with Crippen molar-refractivity contribution in [1.29, 1.82) is 0 Å². The molecule has 0 saturated carbocycles. The monoisotopic (exact) mass is 551 g/mol. The Balaban J connectivity index is 1.41. The second kappa shape index (κ2) is 12.4. The zero-order chi connectivity index (χ0) is 28.9. The number of amides is 2. The molecule has 1 aliphatic rings. The molecule has 2 amide bonds. The van der Waals surface area contributed by atoms with Gasteiger partial charge >= 0.3 is 0 Å². The number of benzene rings is 2. The molecular weight excluding hydrogens is 514 g/mol. The number of fused-ring (bicyclic) bond motifs is 3. The fourth-order valence-electron chi connectivity index (χ4n) is 5.39. The standard InChI is InChI=1S/C33H37N5O3/c1-23-30(24(2)37(4)35-23)11-13-32(39)38-16-15-36(3)33(40)27-8-5-7-25(19-27)20-29-21-26(28-9-6-14-34-22-28)10-12-31(29)41-18-17-38/h5-10,12,14,19,21-22H,11,13,15-18,20H2,1-4H3. The lowest BCUT2D eigenvalue weighted by Gasteiger charge is -2.27. The van der Waals surface area contributed by atoms with E-state index in [0.717, 1.165) is 45.0 Å². The van der Waals surface area contributed by atoms with Crippen LogP contribution in [-0.4, -0.2) is 69.7 Å². The lowest BCUT2D eigenvalue weighted by atomic mass is 9.98. The first-order chi connectivity index (χ1) is 19.8. The van der Waals surface area contributed by atoms with Crippen molar-refractivity contribution < 1.29 is 14.3 Å². The molecule has 2 bridgehead atoms. The zero-order valence-electron chi connectivity index (χ0n) is 24.3. The van der Waals surface area contributed by atoms with Crippen LogP contribution in [0.2, 0.25) is 0 Å². The Kier molecular flexibility index (Phi) is 8.47. The normalized spacial score (nSPS) is 14.3. The van der Waals surface area contributed by atoms with E-state index in [-0.39, 0.29) is 11.8 Å². The highest BCUT2D eigenvalue weighted by Crippen LogP contribution is 2.29. The highest BCUT2D eigenvalue weighted by molar-refractivity contribution is 5.94. The molecule has 2 aromatic heterocycles. The van der Waals surface area contributed by atoms with Gasteiger partial charge in [-0.05, 0) is 72.9 Å². The van der Waals surface area contributed by atoms with Gasteiger partial charge in [0.1, 0.15) is 12.4 Å². The molecular formula is C33H37N5O3. The lowest BCUT2D eigenvalue weighted by molar-refractivity contribution is -0.131. The summed E-state index contributed by atoms with van der Waals surface area (Å²) in [6.07, 6.45) is 5.22. The Hall–Kier alpha value is -4.46. The second-order valence-electron chi connectivity index (χ2n) is 10.7. The molecule has 5 rings (SSSR count). The summed E-state index contributed by atoms with van der Waals surface area (Å²) in [6, 6.07) is 17.9. The first kappa shape index (κ1) is 28.1. The van der Waals surface area contributed by atoms with E-state index in [4.69, 9.17) is 4.74 Å². The largest absolute Gasteiger partial charge is 0.491 e. The van der Waals surface area contributed by atoms with Crippen LogP contribution in [0, 0.1) is 13.8 Å². The van der Waals surface area contributed by atoms with E-state index in [9.17, 15) is 9.59 Å². The molecule has 0 N–H and O–H groups in total. The van der Waals surface area contributed by atoms with E-state index in [2.05, 4.69) is 16.1 Å². The van der Waals surface area contributed by atoms with E-state index in [1.54, 1.807) is 18.1 Å². The molecule has 0 saturated heterocycles. The molecule has 0 unspecified atom stereocenters. The Bertz CT molecular complexity index is 1550. The molecule has 212 valence electrons. The minimum absolute atomic E-state index is 0.0401. The third-order valence-electron chi connectivity index (χ3n) is 7.90. The van der Waals surface area contributed by atoms with Gasteiger partial charge in [-0.25, -0.2) is 0 Å². The number of likely N-dealkylation sites (N-methyl/N-ethyl adjacent to an activating group) is 1. The van der Waals surface area contributed by atoms with Gasteiger partial charge in [0.15, 0.2) is 0 Å². The van der Waals surface area contributed by atoms with Gasteiger partial charge in [0.2, 0.25) is 5.91 Å². The first-order valence-corrected chi connectivity index (χ1v) is 14.1.